The molecule has 0 radical (unpaired) electrons. The molecule has 30 heavy (non-hydrogen) atoms. The van der Waals surface area contributed by atoms with Crippen LogP contribution in [-0.2, 0) is 11.8 Å². The standard InChI is InChI=1S/C22H19N3O3S2/c1-25-21(27)19-17(14-7-4-3-5-8-14)12-29-20(19)24-22(25)30-13-18(26)23-15-9-6-10-16(11-15)28-2/h3-12H,13H2,1-2H3,(H,23,26). The Hall–Kier alpha value is -3.10. The first-order valence-electron chi connectivity index (χ1n) is 9.17. The Morgan fingerprint density at radius 3 is 2.77 bits per heavy atom. The Balaban J connectivity index is 1.54. The highest BCUT2D eigenvalue weighted by Gasteiger charge is 2.16. The molecule has 152 valence electrons. The predicted molar refractivity (Wildman–Crippen MR) is 123 cm³/mol. The fraction of sp³-hybridized carbons (Fsp3) is 0.136. The molecule has 0 aliphatic heterocycles. The fourth-order valence-electron chi connectivity index (χ4n) is 3.04. The van der Waals surface area contributed by atoms with E-state index in [1.807, 2.05) is 47.8 Å². The van der Waals surface area contributed by atoms with Crippen molar-refractivity contribution in [1.29, 1.82) is 0 Å². The average Bonchev–Trinajstić information content (AvgIpc) is 3.20. The summed E-state index contributed by atoms with van der Waals surface area (Å²) in [6, 6.07) is 17.0. The molecule has 8 heteroatoms. The number of hydrogen-bond acceptors (Lipinski definition) is 6. The third-order valence-corrected chi connectivity index (χ3v) is 6.45. The van der Waals surface area contributed by atoms with Gasteiger partial charge < -0.3 is 10.1 Å². The van der Waals surface area contributed by atoms with Crippen molar-refractivity contribution >= 4 is 44.9 Å². The molecule has 0 saturated heterocycles. The number of thioether (sulfide) groups is 1. The molecule has 0 atom stereocenters. The van der Waals surface area contributed by atoms with Crippen LogP contribution in [0.3, 0.4) is 0 Å². The lowest BCUT2D eigenvalue weighted by Gasteiger charge is -2.09. The second-order valence-electron chi connectivity index (χ2n) is 6.52. The summed E-state index contributed by atoms with van der Waals surface area (Å²) in [5.41, 5.74) is 2.41. The minimum absolute atomic E-state index is 0.115. The highest BCUT2D eigenvalue weighted by atomic mass is 32.2. The van der Waals surface area contributed by atoms with Crippen LogP contribution < -0.4 is 15.6 Å². The number of carbonyl (C=O) groups excluding carboxylic acids is 1. The van der Waals surface area contributed by atoms with Gasteiger partial charge in [-0.2, -0.15) is 0 Å². The van der Waals surface area contributed by atoms with Crippen molar-refractivity contribution in [1.82, 2.24) is 9.55 Å². The van der Waals surface area contributed by atoms with Crippen LogP contribution in [0.1, 0.15) is 0 Å². The summed E-state index contributed by atoms with van der Waals surface area (Å²) in [4.78, 5) is 30.7. The van der Waals surface area contributed by atoms with E-state index in [0.717, 1.165) is 11.1 Å². The van der Waals surface area contributed by atoms with Gasteiger partial charge in [-0.1, -0.05) is 48.2 Å². The van der Waals surface area contributed by atoms with Crippen LogP contribution in [0, 0.1) is 0 Å². The molecule has 4 aromatic rings. The monoisotopic (exact) mass is 437 g/mol. The maximum atomic E-state index is 13.0. The van der Waals surface area contributed by atoms with Gasteiger partial charge in [0.15, 0.2) is 5.16 Å². The molecule has 2 aromatic carbocycles. The van der Waals surface area contributed by atoms with Gasteiger partial charge in [0.2, 0.25) is 5.91 Å². The maximum absolute atomic E-state index is 13.0. The smallest absolute Gasteiger partial charge is 0.263 e. The van der Waals surface area contributed by atoms with E-state index in [1.165, 1.54) is 27.7 Å². The Bertz CT molecular complexity index is 1270. The number of nitrogens with zero attached hydrogens (tertiary/aromatic N) is 2. The molecule has 0 spiro atoms. The first-order valence-corrected chi connectivity index (χ1v) is 11.0. The van der Waals surface area contributed by atoms with Crippen molar-refractivity contribution < 1.29 is 9.53 Å². The average molecular weight is 438 g/mol. The number of fused-ring (bicyclic) bond motifs is 1. The molecule has 0 saturated carbocycles. The van der Waals surface area contributed by atoms with Gasteiger partial charge in [-0.15, -0.1) is 11.3 Å². The number of ether oxygens (including phenoxy) is 1. The first-order chi connectivity index (χ1) is 14.6. The summed E-state index contributed by atoms with van der Waals surface area (Å²) < 4.78 is 6.67. The van der Waals surface area contributed by atoms with Gasteiger partial charge in [-0.05, 0) is 17.7 Å². The van der Waals surface area contributed by atoms with E-state index in [-0.39, 0.29) is 17.2 Å². The Morgan fingerprint density at radius 2 is 2.00 bits per heavy atom. The third-order valence-electron chi connectivity index (χ3n) is 4.54. The number of anilines is 1. The van der Waals surface area contributed by atoms with Gasteiger partial charge in [0.05, 0.1) is 18.2 Å². The first kappa shape index (κ1) is 20.2. The Morgan fingerprint density at radius 1 is 1.20 bits per heavy atom. The molecule has 6 nitrogen and oxygen atoms in total. The number of thiophene rings is 1. The van der Waals surface area contributed by atoms with Gasteiger partial charge in [0.1, 0.15) is 10.6 Å². The Kier molecular flexibility index (Phi) is 5.87. The normalized spacial score (nSPS) is 10.9. The summed E-state index contributed by atoms with van der Waals surface area (Å²) in [6.07, 6.45) is 0. The van der Waals surface area contributed by atoms with E-state index >= 15 is 0 Å². The van der Waals surface area contributed by atoms with E-state index < -0.39 is 0 Å². The molecule has 1 N–H and O–H groups in total. The summed E-state index contributed by atoms with van der Waals surface area (Å²) in [5.74, 6) is 0.626. The van der Waals surface area contributed by atoms with Crippen LogP contribution in [0.5, 0.6) is 5.75 Å². The quantitative estimate of drug-likeness (QED) is 0.357. The summed E-state index contributed by atoms with van der Waals surface area (Å²) in [7, 11) is 3.26. The predicted octanol–water partition coefficient (Wildman–Crippen LogP) is 4.40. The number of methoxy groups -OCH3 is 1. The van der Waals surface area contributed by atoms with Crippen LogP contribution >= 0.6 is 23.1 Å². The zero-order valence-corrected chi connectivity index (χ0v) is 18.0. The highest BCUT2D eigenvalue weighted by molar-refractivity contribution is 7.99. The van der Waals surface area contributed by atoms with Crippen molar-refractivity contribution in [3.05, 3.63) is 70.3 Å². The molecule has 0 aliphatic rings. The van der Waals surface area contributed by atoms with Gasteiger partial charge >= 0.3 is 0 Å². The number of hydrogen-bond donors (Lipinski definition) is 1. The van der Waals surface area contributed by atoms with E-state index in [0.29, 0.717) is 26.8 Å². The van der Waals surface area contributed by atoms with Crippen molar-refractivity contribution in [2.24, 2.45) is 7.05 Å². The number of nitrogens with one attached hydrogen (secondary N) is 1. The maximum Gasteiger partial charge on any atom is 0.263 e. The zero-order chi connectivity index (χ0) is 21.1. The SMILES string of the molecule is COc1cccc(NC(=O)CSc2nc3scc(-c4ccccc4)c3c(=O)n2C)c1. The van der Waals surface area contributed by atoms with Crippen molar-refractivity contribution in [2.75, 3.05) is 18.2 Å². The van der Waals surface area contributed by atoms with E-state index in [2.05, 4.69) is 10.3 Å². The van der Waals surface area contributed by atoms with Gasteiger partial charge in [-0.25, -0.2) is 4.98 Å². The lowest BCUT2D eigenvalue weighted by atomic mass is 10.1. The van der Waals surface area contributed by atoms with E-state index in [4.69, 9.17) is 4.74 Å². The third kappa shape index (κ3) is 4.10. The molecule has 2 aromatic heterocycles. The molecule has 1 amide bonds. The highest BCUT2D eigenvalue weighted by Crippen LogP contribution is 2.31. The number of amides is 1. The van der Waals surface area contributed by atoms with Crippen LogP contribution in [0.25, 0.3) is 21.3 Å². The Labute approximate surface area is 181 Å². The summed E-state index contributed by atoms with van der Waals surface area (Å²) >= 11 is 2.67. The molecule has 0 aliphatic carbocycles. The number of aromatic nitrogens is 2. The van der Waals surface area contributed by atoms with Gasteiger partial charge in [0, 0.05) is 29.7 Å². The van der Waals surface area contributed by atoms with E-state index in [9.17, 15) is 9.59 Å². The van der Waals surface area contributed by atoms with Crippen LogP contribution in [0.15, 0.2) is 69.9 Å². The topological polar surface area (TPSA) is 73.2 Å². The van der Waals surface area contributed by atoms with Gasteiger partial charge in [-0.3, -0.25) is 14.2 Å². The second kappa shape index (κ2) is 8.73. The summed E-state index contributed by atoms with van der Waals surface area (Å²) in [6.45, 7) is 0. The molecule has 2 heterocycles. The minimum atomic E-state index is -0.182. The lowest BCUT2D eigenvalue weighted by Crippen LogP contribution is -2.21. The van der Waals surface area contributed by atoms with Crippen molar-refractivity contribution in [3.8, 4) is 16.9 Å². The van der Waals surface area contributed by atoms with Crippen LogP contribution in [0.4, 0.5) is 5.69 Å². The molecular formula is C22H19N3O3S2. The van der Waals surface area contributed by atoms with Gasteiger partial charge in [0.25, 0.3) is 5.56 Å². The van der Waals surface area contributed by atoms with Crippen molar-refractivity contribution in [3.63, 3.8) is 0 Å². The number of rotatable bonds is 6. The molecule has 0 bridgehead atoms. The molecular weight excluding hydrogens is 418 g/mol. The van der Waals surface area contributed by atoms with Crippen LogP contribution in [0.2, 0.25) is 0 Å². The molecule has 0 unspecified atom stereocenters. The van der Waals surface area contributed by atoms with Crippen LogP contribution in [-0.4, -0.2) is 28.3 Å². The molecule has 0 fully saturated rings. The second-order valence-corrected chi connectivity index (χ2v) is 8.32. The molecule has 4 rings (SSSR count). The summed E-state index contributed by atoms with van der Waals surface area (Å²) in [5, 5.41) is 5.91. The number of benzene rings is 2. The van der Waals surface area contributed by atoms with E-state index in [1.54, 1.807) is 26.3 Å². The zero-order valence-electron chi connectivity index (χ0n) is 16.4. The van der Waals surface area contributed by atoms with Crippen molar-refractivity contribution in [2.45, 2.75) is 5.16 Å². The lowest BCUT2D eigenvalue weighted by molar-refractivity contribution is -0.113. The largest absolute Gasteiger partial charge is 0.497 e. The minimum Gasteiger partial charge on any atom is -0.497 e. The number of carbonyl (C=O) groups is 1. The fourth-order valence-corrected chi connectivity index (χ4v) is 4.80.